The Kier molecular flexibility index (Phi) is 3.90. The summed E-state index contributed by atoms with van der Waals surface area (Å²) in [6.45, 7) is -0.791. The summed E-state index contributed by atoms with van der Waals surface area (Å²) in [5.74, 6) is -1.56. The third kappa shape index (κ3) is 2.72. The molecular weight excluding hydrogens is 225 g/mol. The van der Waals surface area contributed by atoms with Gasteiger partial charge in [-0.15, -0.1) is 0 Å². The minimum Gasteiger partial charge on any atom is -0.328 e. The summed E-state index contributed by atoms with van der Waals surface area (Å²) in [6.07, 6.45) is -3.84. The fraction of sp³-hybridized carbons (Fsp3) is 0.778. The molecule has 0 saturated carbocycles. The van der Waals surface area contributed by atoms with Gasteiger partial charge in [-0.1, -0.05) is 0 Å². The fourth-order valence-corrected chi connectivity index (χ4v) is 1.67. The van der Waals surface area contributed by atoms with E-state index in [1.807, 2.05) is 0 Å². The molecule has 1 aliphatic rings. The van der Waals surface area contributed by atoms with Crippen LogP contribution in [-0.4, -0.2) is 35.5 Å². The highest BCUT2D eigenvalue weighted by Gasteiger charge is 2.47. The first-order valence-electron chi connectivity index (χ1n) is 4.99. The van der Waals surface area contributed by atoms with Crippen LogP contribution in [0.3, 0.4) is 0 Å². The van der Waals surface area contributed by atoms with Crippen LogP contribution in [0.15, 0.2) is 0 Å². The largest absolute Gasteiger partial charge is 0.410 e. The monoisotopic (exact) mass is 238 g/mol. The van der Waals surface area contributed by atoms with E-state index in [2.05, 4.69) is 0 Å². The zero-order valence-corrected chi connectivity index (χ0v) is 8.59. The molecule has 16 heavy (non-hydrogen) atoms. The highest BCUT2D eigenvalue weighted by molar-refractivity contribution is 5.96. The number of rotatable bonds is 2. The Bertz CT molecular complexity index is 273. The van der Waals surface area contributed by atoms with Gasteiger partial charge in [-0.25, -0.2) is 0 Å². The fourth-order valence-electron chi connectivity index (χ4n) is 1.67. The molecule has 4 nitrogen and oxygen atoms in total. The maximum Gasteiger partial charge on any atom is 0.410 e. The zero-order chi connectivity index (χ0) is 12.3. The Labute approximate surface area is 90.6 Å². The van der Waals surface area contributed by atoms with Crippen LogP contribution in [0.2, 0.25) is 0 Å². The minimum absolute atomic E-state index is 0.0294. The average molecular weight is 238 g/mol. The molecule has 1 unspecified atom stereocenters. The van der Waals surface area contributed by atoms with Gasteiger partial charge in [0.15, 0.2) is 0 Å². The Morgan fingerprint density at radius 3 is 1.94 bits per heavy atom. The molecule has 7 heteroatoms. The molecule has 1 fully saturated rings. The van der Waals surface area contributed by atoms with Crippen LogP contribution < -0.4 is 5.73 Å². The molecule has 1 rings (SSSR count). The summed E-state index contributed by atoms with van der Waals surface area (Å²) in [5.41, 5.74) is 5.00. The lowest BCUT2D eigenvalue weighted by atomic mass is 10.2. The van der Waals surface area contributed by atoms with E-state index in [9.17, 15) is 22.8 Å². The van der Waals surface area contributed by atoms with E-state index < -0.39 is 30.6 Å². The van der Waals surface area contributed by atoms with Gasteiger partial charge in [0, 0.05) is 19.4 Å². The summed E-state index contributed by atoms with van der Waals surface area (Å²) in [6, 6.07) is -2.19. The average Bonchev–Trinajstić information content (AvgIpc) is 2.31. The van der Waals surface area contributed by atoms with Gasteiger partial charge in [0.1, 0.15) is 6.04 Å². The van der Waals surface area contributed by atoms with Crippen LogP contribution >= 0.6 is 0 Å². The normalized spacial score (nSPS) is 20.9. The van der Waals surface area contributed by atoms with E-state index >= 15 is 0 Å². The molecule has 0 radical (unpaired) electrons. The van der Waals surface area contributed by atoms with Gasteiger partial charge >= 0.3 is 6.18 Å². The maximum atomic E-state index is 12.6. The Morgan fingerprint density at radius 1 is 1.19 bits per heavy atom. The highest BCUT2D eigenvalue weighted by atomic mass is 19.4. The van der Waals surface area contributed by atoms with E-state index in [4.69, 9.17) is 5.73 Å². The summed E-state index contributed by atoms with van der Waals surface area (Å²) >= 11 is 0. The van der Waals surface area contributed by atoms with Crippen molar-refractivity contribution in [2.75, 3.05) is 6.54 Å². The van der Waals surface area contributed by atoms with Gasteiger partial charge < -0.3 is 5.73 Å². The number of alkyl halides is 3. The van der Waals surface area contributed by atoms with Crippen LogP contribution in [0.25, 0.3) is 0 Å². The molecular formula is C9H13F3N2O2. The van der Waals surface area contributed by atoms with E-state index in [0.29, 0.717) is 12.8 Å². The van der Waals surface area contributed by atoms with Crippen LogP contribution in [0, 0.1) is 0 Å². The number of nitrogens with two attached hydrogens (primary N) is 1. The molecule has 0 aromatic carbocycles. The molecule has 0 aromatic rings. The lowest BCUT2D eigenvalue weighted by Crippen LogP contribution is -2.54. The minimum atomic E-state index is -4.66. The van der Waals surface area contributed by atoms with Crippen molar-refractivity contribution in [2.45, 2.75) is 37.9 Å². The van der Waals surface area contributed by atoms with Crippen LogP contribution in [0.4, 0.5) is 13.2 Å². The van der Waals surface area contributed by atoms with E-state index in [-0.39, 0.29) is 17.7 Å². The summed E-state index contributed by atoms with van der Waals surface area (Å²) in [5, 5.41) is 0. The Morgan fingerprint density at radius 2 is 1.62 bits per heavy atom. The zero-order valence-electron chi connectivity index (χ0n) is 8.59. The summed E-state index contributed by atoms with van der Waals surface area (Å²) in [4.78, 5) is 23.1. The van der Waals surface area contributed by atoms with Gasteiger partial charge in [0.25, 0.3) is 0 Å². The third-order valence-corrected chi connectivity index (χ3v) is 2.48. The second-order valence-corrected chi connectivity index (χ2v) is 3.66. The number of carbonyl (C=O) groups is 2. The third-order valence-electron chi connectivity index (χ3n) is 2.48. The van der Waals surface area contributed by atoms with E-state index in [0.717, 1.165) is 0 Å². The number of hydrogen-bond acceptors (Lipinski definition) is 3. The van der Waals surface area contributed by atoms with Crippen molar-refractivity contribution >= 4 is 11.8 Å². The molecule has 2 amide bonds. The Hall–Kier alpha value is -1.11. The SMILES string of the molecule is NCC(N1C(=O)CCCCC1=O)C(F)(F)F. The van der Waals surface area contributed by atoms with Crippen molar-refractivity contribution in [2.24, 2.45) is 5.73 Å². The molecule has 0 aromatic heterocycles. The van der Waals surface area contributed by atoms with Crippen molar-refractivity contribution in [3.05, 3.63) is 0 Å². The second-order valence-electron chi connectivity index (χ2n) is 3.66. The maximum absolute atomic E-state index is 12.6. The van der Waals surface area contributed by atoms with Crippen molar-refractivity contribution in [3.63, 3.8) is 0 Å². The van der Waals surface area contributed by atoms with Crippen LogP contribution in [0.1, 0.15) is 25.7 Å². The summed E-state index contributed by atoms with van der Waals surface area (Å²) in [7, 11) is 0. The smallest absolute Gasteiger partial charge is 0.328 e. The quantitative estimate of drug-likeness (QED) is 0.724. The van der Waals surface area contributed by atoms with Crippen LogP contribution in [-0.2, 0) is 9.59 Å². The number of likely N-dealkylation sites (tertiary alicyclic amines) is 1. The number of amides is 2. The second kappa shape index (κ2) is 4.82. The number of halogens is 3. The molecule has 92 valence electrons. The molecule has 0 spiro atoms. The predicted molar refractivity (Wildman–Crippen MR) is 49.2 cm³/mol. The van der Waals surface area contributed by atoms with Crippen molar-refractivity contribution in [3.8, 4) is 0 Å². The number of nitrogens with zero attached hydrogens (tertiary/aromatic N) is 1. The standard InChI is InChI=1S/C9H13F3N2O2/c10-9(11,12)6(5-13)14-7(15)3-1-2-4-8(14)16/h6H,1-5,13H2. The molecule has 1 heterocycles. The lowest BCUT2D eigenvalue weighted by Gasteiger charge is -2.29. The first kappa shape index (κ1) is 13.0. The van der Waals surface area contributed by atoms with Gasteiger partial charge in [-0.05, 0) is 12.8 Å². The van der Waals surface area contributed by atoms with Gasteiger partial charge in [0.05, 0.1) is 0 Å². The molecule has 0 aliphatic carbocycles. The molecule has 1 aliphatic heterocycles. The molecule has 0 bridgehead atoms. The van der Waals surface area contributed by atoms with E-state index in [1.54, 1.807) is 0 Å². The van der Waals surface area contributed by atoms with E-state index in [1.165, 1.54) is 0 Å². The number of imide groups is 1. The number of hydrogen-bond donors (Lipinski definition) is 1. The topological polar surface area (TPSA) is 63.4 Å². The van der Waals surface area contributed by atoms with Crippen molar-refractivity contribution in [1.82, 2.24) is 4.90 Å². The first-order valence-corrected chi connectivity index (χ1v) is 4.99. The molecule has 1 saturated heterocycles. The van der Waals surface area contributed by atoms with Gasteiger partial charge in [0.2, 0.25) is 11.8 Å². The Balaban J connectivity index is 2.96. The van der Waals surface area contributed by atoms with Crippen molar-refractivity contribution < 1.29 is 22.8 Å². The summed E-state index contributed by atoms with van der Waals surface area (Å²) < 4.78 is 37.7. The van der Waals surface area contributed by atoms with Crippen molar-refractivity contribution in [1.29, 1.82) is 0 Å². The number of carbonyl (C=O) groups excluding carboxylic acids is 2. The molecule has 1 atom stereocenters. The predicted octanol–water partition coefficient (Wildman–Crippen LogP) is 0.805. The highest BCUT2D eigenvalue weighted by Crippen LogP contribution is 2.27. The van der Waals surface area contributed by atoms with Gasteiger partial charge in [-0.2, -0.15) is 13.2 Å². The first-order chi connectivity index (χ1) is 7.38. The lowest BCUT2D eigenvalue weighted by molar-refractivity contribution is -0.191. The van der Waals surface area contributed by atoms with Crippen LogP contribution in [0.5, 0.6) is 0 Å². The van der Waals surface area contributed by atoms with Gasteiger partial charge in [-0.3, -0.25) is 14.5 Å². The molecule has 2 N–H and O–H groups in total.